The van der Waals surface area contributed by atoms with Crippen LogP contribution in [0, 0.1) is 0 Å². The van der Waals surface area contributed by atoms with Gasteiger partial charge in [0.05, 0.1) is 11.2 Å². The maximum Gasteiger partial charge on any atom is 0.128 e. The molecule has 2 aromatic heterocycles. The van der Waals surface area contributed by atoms with Gasteiger partial charge < -0.3 is 4.90 Å². The zero-order valence-corrected chi connectivity index (χ0v) is 12.6. The Balaban J connectivity index is 1.63. The second kappa shape index (κ2) is 6.33. The molecule has 106 valence electrons. The van der Waals surface area contributed by atoms with Crippen LogP contribution in [0.25, 0.3) is 0 Å². The van der Waals surface area contributed by atoms with Crippen molar-refractivity contribution in [3.63, 3.8) is 0 Å². The van der Waals surface area contributed by atoms with Crippen LogP contribution in [0.15, 0.2) is 35.3 Å². The molecule has 0 amide bonds. The molecule has 2 aromatic rings. The van der Waals surface area contributed by atoms with Crippen molar-refractivity contribution in [3.05, 3.63) is 41.0 Å². The number of hydrogen-bond donors (Lipinski definition) is 0. The Hall–Kier alpha value is -1.46. The fourth-order valence-electron chi connectivity index (χ4n) is 2.76. The van der Waals surface area contributed by atoms with E-state index in [9.17, 15) is 0 Å². The molecule has 0 aliphatic carbocycles. The smallest absolute Gasteiger partial charge is 0.128 e. The van der Waals surface area contributed by atoms with Crippen molar-refractivity contribution in [2.75, 3.05) is 25.0 Å². The highest BCUT2D eigenvalue weighted by atomic mass is 32.1. The largest absolute Gasteiger partial charge is 0.355 e. The van der Waals surface area contributed by atoms with Crippen molar-refractivity contribution >= 4 is 17.2 Å². The Morgan fingerprint density at radius 3 is 3.10 bits per heavy atom. The minimum Gasteiger partial charge on any atom is -0.355 e. The summed E-state index contributed by atoms with van der Waals surface area (Å²) in [4.78, 5) is 13.7. The summed E-state index contributed by atoms with van der Waals surface area (Å²) in [5.74, 6) is 1.10. The first kappa shape index (κ1) is 13.5. The fraction of sp³-hybridized carbons (Fsp3) is 0.467. The SMILES string of the molecule is CN(Cc1cscn1)[C@@H]1CCCN(c2ccccn2)C1. The quantitative estimate of drug-likeness (QED) is 0.866. The van der Waals surface area contributed by atoms with Crippen LogP contribution < -0.4 is 4.90 Å². The van der Waals surface area contributed by atoms with Crippen LogP contribution in [0.4, 0.5) is 5.82 Å². The van der Waals surface area contributed by atoms with E-state index in [1.54, 1.807) is 11.3 Å². The standard InChI is InChI=1S/C15H20N4S/c1-18(9-13-11-20-12-17-13)14-5-4-8-19(10-14)15-6-2-3-7-16-15/h2-3,6-7,11-12,14H,4-5,8-10H2,1H3/t14-/m1/s1. The summed E-state index contributed by atoms with van der Waals surface area (Å²) in [6.07, 6.45) is 4.35. The first-order valence-corrected chi connectivity index (χ1v) is 8.00. The molecule has 0 spiro atoms. The van der Waals surface area contributed by atoms with Crippen LogP contribution in [-0.4, -0.2) is 41.0 Å². The molecular formula is C15H20N4S. The highest BCUT2D eigenvalue weighted by Crippen LogP contribution is 2.21. The zero-order chi connectivity index (χ0) is 13.8. The zero-order valence-electron chi connectivity index (χ0n) is 11.8. The predicted octanol–water partition coefficient (Wildman–Crippen LogP) is 2.64. The number of anilines is 1. The second-order valence-electron chi connectivity index (χ2n) is 5.32. The average Bonchev–Trinajstić information content (AvgIpc) is 3.01. The summed E-state index contributed by atoms with van der Waals surface area (Å²) in [6.45, 7) is 3.10. The summed E-state index contributed by atoms with van der Waals surface area (Å²) in [7, 11) is 2.20. The van der Waals surface area contributed by atoms with Crippen LogP contribution in [-0.2, 0) is 6.54 Å². The van der Waals surface area contributed by atoms with Gasteiger partial charge >= 0.3 is 0 Å². The number of nitrogens with zero attached hydrogens (tertiary/aromatic N) is 4. The minimum absolute atomic E-state index is 0.576. The molecule has 3 rings (SSSR count). The van der Waals surface area contributed by atoms with E-state index in [0.29, 0.717) is 6.04 Å². The Morgan fingerprint density at radius 2 is 2.35 bits per heavy atom. The molecule has 4 nitrogen and oxygen atoms in total. The van der Waals surface area contributed by atoms with Crippen molar-refractivity contribution in [2.24, 2.45) is 0 Å². The third-order valence-electron chi connectivity index (χ3n) is 3.89. The number of likely N-dealkylation sites (N-methyl/N-ethyl adjacent to an activating group) is 1. The molecular weight excluding hydrogens is 268 g/mol. The molecule has 5 heteroatoms. The van der Waals surface area contributed by atoms with Crippen LogP contribution in [0.1, 0.15) is 18.5 Å². The molecule has 1 atom stereocenters. The lowest BCUT2D eigenvalue weighted by Crippen LogP contribution is -2.46. The summed E-state index contributed by atoms with van der Waals surface area (Å²) in [5.41, 5.74) is 3.08. The van der Waals surface area contributed by atoms with E-state index in [2.05, 4.69) is 44.3 Å². The third-order valence-corrected chi connectivity index (χ3v) is 4.52. The van der Waals surface area contributed by atoms with Crippen molar-refractivity contribution in [1.82, 2.24) is 14.9 Å². The van der Waals surface area contributed by atoms with Gasteiger partial charge in [-0.05, 0) is 32.0 Å². The van der Waals surface area contributed by atoms with Crippen molar-refractivity contribution in [2.45, 2.75) is 25.4 Å². The first-order valence-electron chi connectivity index (χ1n) is 7.06. The molecule has 0 aromatic carbocycles. The predicted molar refractivity (Wildman–Crippen MR) is 83.1 cm³/mol. The second-order valence-corrected chi connectivity index (χ2v) is 6.04. The highest BCUT2D eigenvalue weighted by molar-refractivity contribution is 7.07. The molecule has 0 radical (unpaired) electrons. The van der Waals surface area contributed by atoms with Gasteiger partial charge in [-0.2, -0.15) is 0 Å². The molecule has 1 aliphatic rings. The van der Waals surface area contributed by atoms with Crippen LogP contribution in [0.5, 0.6) is 0 Å². The van der Waals surface area contributed by atoms with Crippen LogP contribution >= 0.6 is 11.3 Å². The number of piperidine rings is 1. The van der Waals surface area contributed by atoms with Gasteiger partial charge in [-0.3, -0.25) is 4.90 Å². The van der Waals surface area contributed by atoms with Gasteiger partial charge in [-0.15, -0.1) is 11.3 Å². The fourth-order valence-corrected chi connectivity index (χ4v) is 3.31. The molecule has 0 bridgehead atoms. The topological polar surface area (TPSA) is 32.3 Å². The van der Waals surface area contributed by atoms with E-state index < -0.39 is 0 Å². The van der Waals surface area contributed by atoms with Gasteiger partial charge in [-0.1, -0.05) is 6.07 Å². The number of thiazole rings is 1. The third kappa shape index (κ3) is 3.16. The van der Waals surface area contributed by atoms with Crippen LogP contribution in [0.2, 0.25) is 0 Å². The Kier molecular flexibility index (Phi) is 4.28. The van der Waals surface area contributed by atoms with Crippen molar-refractivity contribution in [1.29, 1.82) is 0 Å². The van der Waals surface area contributed by atoms with Crippen molar-refractivity contribution in [3.8, 4) is 0 Å². The number of pyridine rings is 1. The van der Waals surface area contributed by atoms with Gasteiger partial charge in [0.2, 0.25) is 0 Å². The molecule has 1 fully saturated rings. The van der Waals surface area contributed by atoms with Gasteiger partial charge in [0, 0.05) is 37.3 Å². The van der Waals surface area contributed by atoms with E-state index in [1.807, 2.05) is 17.8 Å². The van der Waals surface area contributed by atoms with Crippen molar-refractivity contribution < 1.29 is 0 Å². The molecule has 1 saturated heterocycles. The maximum absolute atomic E-state index is 4.47. The highest BCUT2D eigenvalue weighted by Gasteiger charge is 2.24. The van der Waals surface area contributed by atoms with Gasteiger partial charge in [0.25, 0.3) is 0 Å². The lowest BCUT2D eigenvalue weighted by molar-refractivity contribution is 0.205. The van der Waals surface area contributed by atoms with E-state index in [1.165, 1.54) is 18.5 Å². The molecule has 1 aliphatic heterocycles. The molecule has 3 heterocycles. The van der Waals surface area contributed by atoms with E-state index in [4.69, 9.17) is 0 Å². The van der Waals surface area contributed by atoms with E-state index in [-0.39, 0.29) is 0 Å². The molecule has 0 unspecified atom stereocenters. The Morgan fingerprint density at radius 1 is 1.40 bits per heavy atom. The van der Waals surface area contributed by atoms with Gasteiger partial charge in [0.1, 0.15) is 5.82 Å². The van der Waals surface area contributed by atoms with Crippen LogP contribution in [0.3, 0.4) is 0 Å². The monoisotopic (exact) mass is 288 g/mol. The summed E-state index contributed by atoms with van der Waals surface area (Å²) >= 11 is 1.67. The summed E-state index contributed by atoms with van der Waals surface area (Å²) in [6, 6.07) is 6.71. The lowest BCUT2D eigenvalue weighted by atomic mass is 10.0. The summed E-state index contributed by atoms with van der Waals surface area (Å²) in [5, 5.41) is 2.13. The Labute approximate surface area is 124 Å². The Bertz CT molecular complexity index is 514. The normalized spacial score (nSPS) is 19.5. The molecule has 20 heavy (non-hydrogen) atoms. The molecule has 0 saturated carbocycles. The van der Waals surface area contributed by atoms with E-state index in [0.717, 1.165) is 25.5 Å². The average molecular weight is 288 g/mol. The van der Waals surface area contributed by atoms with E-state index >= 15 is 0 Å². The first-order chi connectivity index (χ1) is 9.83. The lowest BCUT2D eigenvalue weighted by Gasteiger charge is -2.38. The van der Waals surface area contributed by atoms with Gasteiger partial charge in [0.15, 0.2) is 0 Å². The summed E-state index contributed by atoms with van der Waals surface area (Å²) < 4.78 is 0. The minimum atomic E-state index is 0.576. The number of rotatable bonds is 4. The van der Waals surface area contributed by atoms with Gasteiger partial charge in [-0.25, -0.2) is 9.97 Å². The maximum atomic E-state index is 4.47. The number of aromatic nitrogens is 2. The number of hydrogen-bond acceptors (Lipinski definition) is 5. The molecule has 0 N–H and O–H groups in total.